The molecule has 0 aromatic heterocycles. The van der Waals surface area contributed by atoms with Gasteiger partial charge in [-0.2, -0.15) is 5.10 Å². The van der Waals surface area contributed by atoms with Gasteiger partial charge in [0.15, 0.2) is 0 Å². The van der Waals surface area contributed by atoms with Gasteiger partial charge in [0, 0.05) is 12.5 Å². The van der Waals surface area contributed by atoms with Gasteiger partial charge >= 0.3 is 0 Å². The maximum atomic E-state index is 5.76. The lowest BCUT2D eigenvalue weighted by Gasteiger charge is -2.31. The van der Waals surface area contributed by atoms with Crippen molar-refractivity contribution in [1.29, 1.82) is 0 Å². The number of nitrogens with two attached hydrogens (primary N) is 2. The maximum Gasteiger partial charge on any atom is 0.125 e. The molecule has 1 aliphatic heterocycles. The molecule has 1 atom stereocenters. The standard InChI is InChI=1S/C8H19N5/c1-2-13-5-3-4-7(6-13)8(9)11-12-10/h7,12H,2-6,10H2,1H3,(H2,9,11)/t7-/m1/s1. The van der Waals surface area contributed by atoms with Crippen LogP contribution in [0.3, 0.4) is 0 Å². The van der Waals surface area contributed by atoms with E-state index >= 15 is 0 Å². The molecule has 1 fully saturated rings. The fourth-order valence-corrected chi connectivity index (χ4v) is 1.75. The average molecular weight is 185 g/mol. The monoisotopic (exact) mass is 185 g/mol. The van der Waals surface area contributed by atoms with Crippen molar-refractivity contribution in [3.05, 3.63) is 0 Å². The molecule has 5 N–H and O–H groups in total. The molecule has 5 heteroatoms. The Balaban J connectivity index is 2.46. The van der Waals surface area contributed by atoms with Crippen LogP contribution in [0.5, 0.6) is 0 Å². The Morgan fingerprint density at radius 3 is 3.08 bits per heavy atom. The van der Waals surface area contributed by atoms with E-state index in [1.165, 1.54) is 13.0 Å². The van der Waals surface area contributed by atoms with Crippen molar-refractivity contribution in [2.75, 3.05) is 19.6 Å². The minimum Gasteiger partial charge on any atom is -0.385 e. The van der Waals surface area contributed by atoms with E-state index in [-0.39, 0.29) is 0 Å². The first-order chi connectivity index (χ1) is 6.27. The van der Waals surface area contributed by atoms with Crippen LogP contribution in [0.2, 0.25) is 0 Å². The summed E-state index contributed by atoms with van der Waals surface area (Å²) in [5.41, 5.74) is 8.00. The number of hydrogen-bond donors (Lipinski definition) is 3. The molecule has 0 aliphatic carbocycles. The highest BCUT2D eigenvalue weighted by atomic mass is 15.5. The van der Waals surface area contributed by atoms with Crippen molar-refractivity contribution in [3.63, 3.8) is 0 Å². The second kappa shape index (κ2) is 5.04. The van der Waals surface area contributed by atoms with Gasteiger partial charge in [0.05, 0.1) is 0 Å². The molecule has 0 aromatic rings. The van der Waals surface area contributed by atoms with Crippen LogP contribution in [0.15, 0.2) is 5.10 Å². The fourth-order valence-electron chi connectivity index (χ4n) is 1.75. The minimum absolute atomic E-state index is 0.366. The van der Waals surface area contributed by atoms with Gasteiger partial charge in [-0.3, -0.25) is 0 Å². The van der Waals surface area contributed by atoms with Crippen molar-refractivity contribution in [2.45, 2.75) is 19.8 Å². The number of hydrazine groups is 1. The molecule has 5 nitrogen and oxygen atoms in total. The largest absolute Gasteiger partial charge is 0.385 e. The number of hydrazone groups is 1. The van der Waals surface area contributed by atoms with Crippen molar-refractivity contribution in [1.82, 2.24) is 10.4 Å². The predicted molar refractivity (Wildman–Crippen MR) is 53.8 cm³/mol. The summed E-state index contributed by atoms with van der Waals surface area (Å²) in [6.45, 7) is 5.43. The number of rotatable bonds is 3. The molecule has 1 heterocycles. The zero-order valence-electron chi connectivity index (χ0n) is 8.16. The molecular formula is C8H19N5. The van der Waals surface area contributed by atoms with Crippen molar-refractivity contribution in [3.8, 4) is 0 Å². The van der Waals surface area contributed by atoms with E-state index in [4.69, 9.17) is 11.6 Å². The molecule has 0 radical (unpaired) electrons. The summed E-state index contributed by atoms with van der Waals surface area (Å²) in [5, 5.41) is 3.81. The summed E-state index contributed by atoms with van der Waals surface area (Å²) in [7, 11) is 0. The highest BCUT2D eigenvalue weighted by Gasteiger charge is 2.21. The Kier molecular flexibility index (Phi) is 3.98. The SMILES string of the molecule is CCN1CCC[C@@H](/C(N)=N/NN)C1. The highest BCUT2D eigenvalue weighted by molar-refractivity contribution is 5.82. The van der Waals surface area contributed by atoms with E-state index in [9.17, 15) is 0 Å². The number of amidine groups is 1. The van der Waals surface area contributed by atoms with Gasteiger partial charge in [-0.05, 0) is 25.9 Å². The first-order valence-electron chi connectivity index (χ1n) is 4.79. The number of piperidine rings is 1. The van der Waals surface area contributed by atoms with E-state index in [2.05, 4.69) is 22.5 Å². The molecular weight excluding hydrogens is 166 g/mol. The van der Waals surface area contributed by atoms with Gasteiger partial charge < -0.3 is 10.6 Å². The second-order valence-electron chi connectivity index (χ2n) is 3.40. The molecule has 0 saturated carbocycles. The molecule has 1 aliphatic rings. The first-order valence-corrected chi connectivity index (χ1v) is 4.79. The van der Waals surface area contributed by atoms with E-state index in [0.717, 1.165) is 19.5 Å². The molecule has 0 bridgehead atoms. The predicted octanol–water partition coefficient (Wildman–Crippen LogP) is -0.546. The number of likely N-dealkylation sites (tertiary alicyclic amines) is 1. The van der Waals surface area contributed by atoms with Crippen LogP contribution in [0.1, 0.15) is 19.8 Å². The van der Waals surface area contributed by atoms with E-state index < -0.39 is 0 Å². The summed E-state index contributed by atoms with van der Waals surface area (Å²) in [4.78, 5) is 2.38. The lowest BCUT2D eigenvalue weighted by atomic mass is 9.97. The zero-order chi connectivity index (χ0) is 9.68. The van der Waals surface area contributed by atoms with Gasteiger partial charge in [-0.1, -0.05) is 6.92 Å². The molecule has 0 unspecified atom stereocenters. The Morgan fingerprint density at radius 1 is 1.69 bits per heavy atom. The second-order valence-corrected chi connectivity index (χ2v) is 3.40. The lowest BCUT2D eigenvalue weighted by molar-refractivity contribution is 0.213. The van der Waals surface area contributed by atoms with Crippen molar-refractivity contribution >= 4 is 5.84 Å². The van der Waals surface area contributed by atoms with E-state index in [0.29, 0.717) is 11.8 Å². The molecule has 13 heavy (non-hydrogen) atoms. The van der Waals surface area contributed by atoms with Gasteiger partial charge in [-0.25, -0.2) is 11.4 Å². The van der Waals surface area contributed by atoms with Crippen LogP contribution in [-0.4, -0.2) is 30.4 Å². The third-order valence-corrected chi connectivity index (χ3v) is 2.56. The van der Waals surface area contributed by atoms with E-state index in [1.807, 2.05) is 0 Å². The lowest BCUT2D eigenvalue weighted by Crippen LogP contribution is -2.42. The van der Waals surface area contributed by atoms with Gasteiger partial charge in [0.1, 0.15) is 5.84 Å². The zero-order valence-corrected chi connectivity index (χ0v) is 8.16. The fraction of sp³-hybridized carbons (Fsp3) is 0.875. The minimum atomic E-state index is 0.366. The third-order valence-electron chi connectivity index (χ3n) is 2.56. The smallest absolute Gasteiger partial charge is 0.125 e. The van der Waals surface area contributed by atoms with E-state index in [1.54, 1.807) is 0 Å². The molecule has 1 saturated heterocycles. The summed E-state index contributed by atoms with van der Waals surface area (Å²) >= 11 is 0. The van der Waals surface area contributed by atoms with Crippen LogP contribution in [-0.2, 0) is 0 Å². The van der Waals surface area contributed by atoms with Gasteiger partial charge in [-0.15, -0.1) is 0 Å². The Morgan fingerprint density at radius 2 is 2.46 bits per heavy atom. The molecule has 0 spiro atoms. The number of hydrogen-bond acceptors (Lipinski definition) is 4. The Labute approximate surface area is 79.1 Å². The maximum absolute atomic E-state index is 5.76. The van der Waals surface area contributed by atoms with Crippen LogP contribution in [0.25, 0.3) is 0 Å². The van der Waals surface area contributed by atoms with Crippen molar-refractivity contribution in [2.24, 2.45) is 22.6 Å². The third kappa shape index (κ3) is 2.86. The summed E-state index contributed by atoms with van der Waals surface area (Å²) in [6, 6.07) is 0. The summed E-state index contributed by atoms with van der Waals surface area (Å²) in [6.07, 6.45) is 2.31. The first kappa shape index (κ1) is 10.3. The molecule has 1 rings (SSSR count). The molecule has 76 valence electrons. The Hall–Kier alpha value is -0.810. The summed E-state index contributed by atoms with van der Waals surface area (Å²) < 4.78 is 0. The van der Waals surface area contributed by atoms with Gasteiger partial charge in [0.2, 0.25) is 0 Å². The molecule has 0 amide bonds. The van der Waals surface area contributed by atoms with Crippen LogP contribution in [0, 0.1) is 5.92 Å². The topological polar surface area (TPSA) is 79.7 Å². The van der Waals surface area contributed by atoms with Crippen LogP contribution < -0.4 is 17.1 Å². The van der Waals surface area contributed by atoms with Gasteiger partial charge in [0.25, 0.3) is 0 Å². The molecule has 0 aromatic carbocycles. The van der Waals surface area contributed by atoms with Crippen LogP contribution in [0.4, 0.5) is 0 Å². The summed E-state index contributed by atoms with van der Waals surface area (Å²) in [5.74, 6) is 6.06. The quantitative estimate of drug-likeness (QED) is 0.239. The van der Waals surface area contributed by atoms with Crippen molar-refractivity contribution < 1.29 is 0 Å². The Bertz CT molecular complexity index is 179. The normalized spacial score (nSPS) is 26.0. The number of nitrogens with one attached hydrogen (secondary N) is 1. The average Bonchev–Trinajstić information content (AvgIpc) is 2.18. The van der Waals surface area contributed by atoms with Crippen LogP contribution >= 0.6 is 0 Å². The highest BCUT2D eigenvalue weighted by Crippen LogP contribution is 2.15. The number of nitrogens with zero attached hydrogens (tertiary/aromatic N) is 2.